The number of hydrogen-bond donors (Lipinski definition) is 2. The summed E-state index contributed by atoms with van der Waals surface area (Å²) in [4.78, 5) is 4.52. The molecule has 0 unspecified atom stereocenters. The average Bonchev–Trinajstić information content (AvgIpc) is 3.56. The molecular weight excluding hydrogens is 613 g/mol. The van der Waals surface area contributed by atoms with Crippen molar-refractivity contribution in [1.82, 2.24) is 9.80 Å². The molecule has 250 valence electrons. The molecule has 0 atom stereocenters. The second kappa shape index (κ2) is 12.3. The lowest BCUT2D eigenvalue weighted by molar-refractivity contribution is 0.243. The van der Waals surface area contributed by atoms with Crippen LogP contribution in [-0.2, 0) is 23.9 Å². The van der Waals surface area contributed by atoms with Gasteiger partial charge < -0.3 is 20.0 Å². The molecule has 0 spiro atoms. The van der Waals surface area contributed by atoms with Crippen LogP contribution in [0.4, 0.5) is 0 Å². The minimum atomic E-state index is -0.442. The minimum Gasteiger partial charge on any atom is -0.507 e. The van der Waals surface area contributed by atoms with Gasteiger partial charge in [0.05, 0.1) is 0 Å². The molecule has 2 aliphatic rings. The smallest absolute Gasteiger partial charge is 0.124 e. The van der Waals surface area contributed by atoms with E-state index in [1.807, 2.05) is 12.1 Å². The maximum Gasteiger partial charge on any atom is 0.124 e. The summed E-state index contributed by atoms with van der Waals surface area (Å²) >= 11 is 0. The molecule has 0 aliphatic heterocycles. The van der Waals surface area contributed by atoms with E-state index in [0.29, 0.717) is 24.6 Å². The van der Waals surface area contributed by atoms with Gasteiger partial charge in [-0.1, -0.05) is 133 Å². The third-order valence-electron chi connectivity index (χ3n) is 11.5. The Bertz CT molecular complexity index is 1990. The molecule has 2 aliphatic carbocycles. The highest BCUT2D eigenvalue weighted by Gasteiger charge is 2.43. The molecule has 8 rings (SSSR count). The molecule has 0 radical (unpaired) electrons. The molecule has 50 heavy (non-hydrogen) atoms. The van der Waals surface area contributed by atoms with Gasteiger partial charge in [0, 0.05) is 59.3 Å². The van der Waals surface area contributed by atoms with Crippen LogP contribution in [0.25, 0.3) is 22.3 Å². The van der Waals surface area contributed by atoms with Crippen molar-refractivity contribution in [3.63, 3.8) is 0 Å². The van der Waals surface area contributed by atoms with Crippen molar-refractivity contribution in [3.05, 3.63) is 178 Å². The summed E-state index contributed by atoms with van der Waals surface area (Å²) in [7, 11) is 4.21. The van der Waals surface area contributed by atoms with Crippen molar-refractivity contribution in [1.29, 1.82) is 0 Å². The number of phenols is 2. The molecule has 0 heterocycles. The lowest BCUT2D eigenvalue weighted by Gasteiger charge is -2.31. The van der Waals surface area contributed by atoms with Crippen molar-refractivity contribution >= 4 is 0 Å². The van der Waals surface area contributed by atoms with Crippen LogP contribution in [0.2, 0.25) is 0 Å². The van der Waals surface area contributed by atoms with E-state index in [0.717, 1.165) is 35.3 Å². The van der Waals surface area contributed by atoms with Crippen LogP contribution < -0.4 is 0 Å². The normalized spacial score (nSPS) is 14.8. The van der Waals surface area contributed by atoms with Gasteiger partial charge in [0.2, 0.25) is 0 Å². The molecule has 0 saturated heterocycles. The van der Waals surface area contributed by atoms with Gasteiger partial charge in [0.15, 0.2) is 0 Å². The zero-order chi connectivity index (χ0) is 34.6. The lowest BCUT2D eigenvalue weighted by Crippen LogP contribution is -2.31. The third-order valence-corrected chi connectivity index (χ3v) is 11.5. The van der Waals surface area contributed by atoms with Crippen molar-refractivity contribution in [2.24, 2.45) is 0 Å². The SMILES string of the molecule is CN(CCN(C)Cc1cccc(C2(C)c3ccccc3-c3ccccc32)c1O)Cc1cccc(C2(C)c3ccccc3-c3ccccc32)c1O. The van der Waals surface area contributed by atoms with Gasteiger partial charge in [-0.3, -0.25) is 0 Å². The number of fused-ring (bicyclic) bond motifs is 6. The van der Waals surface area contributed by atoms with Crippen LogP contribution in [0.3, 0.4) is 0 Å². The molecule has 4 nitrogen and oxygen atoms in total. The summed E-state index contributed by atoms with van der Waals surface area (Å²) < 4.78 is 0. The van der Waals surface area contributed by atoms with Crippen LogP contribution in [0.1, 0.15) is 58.4 Å². The number of para-hydroxylation sites is 2. The van der Waals surface area contributed by atoms with Gasteiger partial charge in [0.25, 0.3) is 0 Å². The van der Waals surface area contributed by atoms with Gasteiger partial charge in [0.1, 0.15) is 11.5 Å². The molecule has 4 heteroatoms. The quantitative estimate of drug-likeness (QED) is 0.163. The largest absolute Gasteiger partial charge is 0.507 e. The van der Waals surface area contributed by atoms with Crippen LogP contribution in [0, 0.1) is 0 Å². The predicted octanol–water partition coefficient (Wildman–Crippen LogP) is 9.33. The Hall–Kier alpha value is -5.16. The fourth-order valence-corrected chi connectivity index (χ4v) is 8.81. The number of nitrogens with zero attached hydrogens (tertiary/aromatic N) is 2. The Kier molecular flexibility index (Phi) is 7.90. The van der Waals surface area contributed by atoms with Gasteiger partial charge in [-0.05, 0) is 72.5 Å². The Labute approximate surface area is 295 Å². The molecular formula is C46H44N2O2. The van der Waals surface area contributed by atoms with E-state index in [1.54, 1.807) is 0 Å². The van der Waals surface area contributed by atoms with E-state index in [1.165, 1.54) is 44.5 Å². The van der Waals surface area contributed by atoms with Crippen LogP contribution in [0.15, 0.2) is 133 Å². The fraction of sp³-hybridized carbons (Fsp3) is 0.217. The van der Waals surface area contributed by atoms with Crippen molar-refractivity contribution < 1.29 is 10.2 Å². The summed E-state index contributed by atoms with van der Waals surface area (Å²) in [5.41, 5.74) is 12.7. The van der Waals surface area contributed by atoms with E-state index < -0.39 is 10.8 Å². The first-order valence-electron chi connectivity index (χ1n) is 17.6. The van der Waals surface area contributed by atoms with E-state index in [9.17, 15) is 10.2 Å². The molecule has 0 aromatic heterocycles. The Morgan fingerprint density at radius 1 is 0.400 bits per heavy atom. The molecule has 6 aromatic rings. The van der Waals surface area contributed by atoms with Gasteiger partial charge >= 0.3 is 0 Å². The molecule has 6 aromatic carbocycles. The second-order valence-electron chi connectivity index (χ2n) is 14.5. The highest BCUT2D eigenvalue weighted by Crippen LogP contribution is 2.55. The Morgan fingerprint density at radius 3 is 1.00 bits per heavy atom. The monoisotopic (exact) mass is 656 g/mol. The number of benzene rings is 6. The average molecular weight is 657 g/mol. The maximum atomic E-state index is 11.8. The van der Waals surface area contributed by atoms with E-state index >= 15 is 0 Å². The third kappa shape index (κ3) is 4.89. The fourth-order valence-electron chi connectivity index (χ4n) is 8.81. The Balaban J connectivity index is 0.986. The highest BCUT2D eigenvalue weighted by molar-refractivity contribution is 5.85. The molecule has 0 fully saturated rings. The van der Waals surface area contributed by atoms with Gasteiger partial charge in [-0.25, -0.2) is 0 Å². The second-order valence-corrected chi connectivity index (χ2v) is 14.5. The van der Waals surface area contributed by atoms with Crippen molar-refractivity contribution in [2.45, 2.75) is 37.8 Å². The van der Waals surface area contributed by atoms with Crippen molar-refractivity contribution in [2.75, 3.05) is 27.2 Å². The van der Waals surface area contributed by atoms with E-state index in [-0.39, 0.29) is 0 Å². The summed E-state index contributed by atoms with van der Waals surface area (Å²) in [6.45, 7) is 7.36. The Morgan fingerprint density at radius 2 is 0.680 bits per heavy atom. The summed E-state index contributed by atoms with van der Waals surface area (Å²) in [5.74, 6) is 0.735. The van der Waals surface area contributed by atoms with Gasteiger partial charge in [-0.15, -0.1) is 0 Å². The molecule has 2 N–H and O–H groups in total. The summed E-state index contributed by atoms with van der Waals surface area (Å²) in [6.07, 6.45) is 0. The predicted molar refractivity (Wildman–Crippen MR) is 204 cm³/mol. The maximum absolute atomic E-state index is 11.8. The van der Waals surface area contributed by atoms with Crippen LogP contribution >= 0.6 is 0 Å². The van der Waals surface area contributed by atoms with E-state index in [4.69, 9.17) is 0 Å². The van der Waals surface area contributed by atoms with Gasteiger partial charge in [-0.2, -0.15) is 0 Å². The lowest BCUT2D eigenvalue weighted by atomic mass is 9.73. The van der Waals surface area contributed by atoms with Crippen LogP contribution in [0.5, 0.6) is 11.5 Å². The summed E-state index contributed by atoms with van der Waals surface area (Å²) in [5, 5.41) is 23.6. The molecule has 0 bridgehead atoms. The molecule has 0 amide bonds. The number of phenolic OH excluding ortho intramolecular Hbond substituents is 2. The first kappa shape index (κ1) is 32.1. The summed E-state index contributed by atoms with van der Waals surface area (Å²) in [6, 6.07) is 46.7. The highest BCUT2D eigenvalue weighted by atomic mass is 16.3. The van der Waals surface area contributed by atoms with Crippen molar-refractivity contribution in [3.8, 4) is 33.8 Å². The number of hydrogen-bond acceptors (Lipinski definition) is 4. The van der Waals surface area contributed by atoms with E-state index in [2.05, 4.69) is 159 Å². The number of aromatic hydroxyl groups is 2. The van der Waals surface area contributed by atoms with Crippen LogP contribution in [-0.4, -0.2) is 47.2 Å². The zero-order valence-corrected chi connectivity index (χ0v) is 29.3. The zero-order valence-electron chi connectivity index (χ0n) is 29.3. The first-order valence-corrected chi connectivity index (χ1v) is 17.6. The number of rotatable bonds is 9. The first-order chi connectivity index (χ1) is 24.2. The standard InChI is InChI=1S/C46H44N2O2/c1-45(37-21-9-5-17-33(37)34-18-6-10-22-38(34)45)41-25-13-15-31(43(41)49)29-47(3)27-28-48(4)30-32-16-14-26-42(44(32)50)46(2)39-23-11-7-19-35(39)36-20-8-12-24-40(36)46/h5-26,49-50H,27-30H2,1-4H3. The topological polar surface area (TPSA) is 46.9 Å². The minimum absolute atomic E-state index is 0.368. The molecule has 0 saturated carbocycles. The number of likely N-dealkylation sites (N-methyl/N-ethyl adjacent to an activating group) is 2.